The molecule has 0 aromatic heterocycles. The van der Waals surface area contributed by atoms with Crippen LogP contribution in [-0.4, -0.2) is 17.4 Å². The SMILES string of the molecule is COCc1cc(CP(C(C)(C)C)C(C)(C)C)c(C)cc1C. The Labute approximate surface area is 133 Å². The molecule has 0 saturated heterocycles. The number of methoxy groups -OCH3 is 1. The van der Waals surface area contributed by atoms with E-state index in [-0.39, 0.29) is 7.92 Å². The summed E-state index contributed by atoms with van der Waals surface area (Å²) in [6.07, 6.45) is 1.20. The fourth-order valence-electron chi connectivity index (χ4n) is 3.08. The lowest BCUT2D eigenvalue weighted by atomic mass is 10.0. The Kier molecular flexibility index (Phi) is 6.04. The van der Waals surface area contributed by atoms with E-state index in [0.29, 0.717) is 16.9 Å². The van der Waals surface area contributed by atoms with Crippen LogP contribution in [-0.2, 0) is 17.5 Å². The highest BCUT2D eigenvalue weighted by Gasteiger charge is 2.34. The highest BCUT2D eigenvalue weighted by Crippen LogP contribution is 2.61. The summed E-state index contributed by atoms with van der Waals surface area (Å²) in [6.45, 7) is 19.5. The van der Waals surface area contributed by atoms with Gasteiger partial charge in [0.05, 0.1) is 6.61 Å². The first-order valence-corrected chi connectivity index (χ1v) is 9.35. The molecular weight excluding hydrogens is 275 g/mol. The first kappa shape index (κ1) is 18.7. The molecule has 0 unspecified atom stereocenters. The molecule has 0 radical (unpaired) electrons. The van der Waals surface area contributed by atoms with Gasteiger partial charge in [-0.15, -0.1) is 0 Å². The lowest BCUT2D eigenvalue weighted by Gasteiger charge is -2.42. The first-order chi connectivity index (χ1) is 9.46. The maximum Gasteiger partial charge on any atom is 0.0715 e. The first-order valence-electron chi connectivity index (χ1n) is 7.82. The van der Waals surface area contributed by atoms with E-state index in [0.717, 1.165) is 0 Å². The van der Waals surface area contributed by atoms with Crippen LogP contribution in [0.4, 0.5) is 0 Å². The Morgan fingerprint density at radius 1 is 0.857 bits per heavy atom. The second-order valence-corrected chi connectivity index (χ2v) is 11.9. The predicted molar refractivity (Wildman–Crippen MR) is 96.8 cm³/mol. The molecule has 0 saturated carbocycles. The van der Waals surface area contributed by atoms with Gasteiger partial charge < -0.3 is 4.74 Å². The van der Waals surface area contributed by atoms with Gasteiger partial charge in [0.1, 0.15) is 0 Å². The lowest BCUT2D eigenvalue weighted by Crippen LogP contribution is -2.26. The van der Waals surface area contributed by atoms with Crippen molar-refractivity contribution in [3.8, 4) is 0 Å². The number of benzene rings is 1. The quantitative estimate of drug-likeness (QED) is 0.617. The topological polar surface area (TPSA) is 9.23 Å². The molecule has 0 aliphatic heterocycles. The number of rotatable bonds is 4. The summed E-state index contributed by atoms with van der Waals surface area (Å²) in [5, 5.41) is 0.735. The van der Waals surface area contributed by atoms with Crippen molar-refractivity contribution in [3.63, 3.8) is 0 Å². The van der Waals surface area contributed by atoms with Gasteiger partial charge in [-0.2, -0.15) is 0 Å². The Hall–Kier alpha value is -0.390. The van der Waals surface area contributed by atoms with Crippen molar-refractivity contribution in [2.45, 2.75) is 78.5 Å². The summed E-state index contributed by atoms with van der Waals surface area (Å²) in [6, 6.07) is 4.70. The van der Waals surface area contributed by atoms with Gasteiger partial charge in [0.15, 0.2) is 0 Å². The van der Waals surface area contributed by atoms with Crippen LogP contribution in [0.25, 0.3) is 0 Å². The number of hydrogen-bond acceptors (Lipinski definition) is 1. The molecule has 0 spiro atoms. The fraction of sp³-hybridized carbons (Fsp3) is 0.684. The smallest absolute Gasteiger partial charge is 0.0715 e. The van der Waals surface area contributed by atoms with E-state index in [2.05, 4.69) is 67.5 Å². The van der Waals surface area contributed by atoms with Crippen molar-refractivity contribution in [2.24, 2.45) is 0 Å². The molecular formula is C19H33OP. The van der Waals surface area contributed by atoms with E-state index in [9.17, 15) is 0 Å². The van der Waals surface area contributed by atoms with Crippen LogP contribution in [0.1, 0.15) is 63.8 Å². The zero-order chi connectivity index (χ0) is 16.4. The monoisotopic (exact) mass is 308 g/mol. The summed E-state index contributed by atoms with van der Waals surface area (Å²) < 4.78 is 5.35. The van der Waals surface area contributed by atoms with Crippen LogP contribution in [0.15, 0.2) is 12.1 Å². The third-order valence-electron chi connectivity index (χ3n) is 4.04. The maximum absolute atomic E-state index is 5.35. The van der Waals surface area contributed by atoms with Crippen molar-refractivity contribution in [1.82, 2.24) is 0 Å². The maximum atomic E-state index is 5.35. The molecule has 1 rings (SSSR count). The predicted octanol–water partition coefficient (Wildman–Crippen LogP) is 6.03. The van der Waals surface area contributed by atoms with Gasteiger partial charge >= 0.3 is 0 Å². The highest BCUT2D eigenvalue weighted by molar-refractivity contribution is 7.60. The molecule has 2 heteroatoms. The molecule has 0 aliphatic carbocycles. The summed E-state index contributed by atoms with van der Waals surface area (Å²) in [5.74, 6) is 0. The van der Waals surface area contributed by atoms with Gasteiger partial charge in [0.25, 0.3) is 0 Å². The van der Waals surface area contributed by atoms with E-state index in [4.69, 9.17) is 4.74 Å². The molecule has 0 amide bonds. The third kappa shape index (κ3) is 5.08. The van der Waals surface area contributed by atoms with E-state index < -0.39 is 0 Å². The minimum Gasteiger partial charge on any atom is -0.380 e. The number of hydrogen-bond donors (Lipinski definition) is 0. The highest BCUT2D eigenvalue weighted by atomic mass is 31.1. The van der Waals surface area contributed by atoms with E-state index in [1.54, 1.807) is 7.11 Å². The van der Waals surface area contributed by atoms with Gasteiger partial charge in [-0.1, -0.05) is 61.6 Å². The minimum absolute atomic E-state index is 0.107. The normalized spacial score (nSPS) is 13.0. The van der Waals surface area contributed by atoms with Crippen LogP contribution < -0.4 is 0 Å². The molecule has 0 fully saturated rings. The average Bonchev–Trinajstić information content (AvgIpc) is 2.28. The number of aryl methyl sites for hydroxylation is 2. The Balaban J connectivity index is 3.18. The van der Waals surface area contributed by atoms with E-state index in [1.165, 1.54) is 28.4 Å². The molecule has 120 valence electrons. The van der Waals surface area contributed by atoms with Crippen LogP contribution >= 0.6 is 7.92 Å². The standard InChI is InChI=1S/C19H33OP/c1-14-10-15(2)17(11-16(14)12-20-9)13-21(18(3,4)5)19(6,7)8/h10-11H,12-13H2,1-9H3. The molecule has 0 heterocycles. The molecule has 21 heavy (non-hydrogen) atoms. The van der Waals surface area contributed by atoms with E-state index >= 15 is 0 Å². The molecule has 0 bridgehead atoms. The molecule has 0 aliphatic rings. The zero-order valence-corrected chi connectivity index (χ0v) is 16.3. The van der Waals surface area contributed by atoms with Gasteiger partial charge in [0, 0.05) is 7.11 Å². The van der Waals surface area contributed by atoms with Crippen molar-refractivity contribution in [2.75, 3.05) is 7.11 Å². The second kappa shape index (κ2) is 6.80. The molecule has 1 nitrogen and oxygen atoms in total. The van der Waals surface area contributed by atoms with Crippen molar-refractivity contribution < 1.29 is 4.74 Å². The summed E-state index contributed by atoms with van der Waals surface area (Å²) in [7, 11) is 1.67. The molecule has 0 N–H and O–H groups in total. The Morgan fingerprint density at radius 3 is 1.76 bits per heavy atom. The van der Waals surface area contributed by atoms with Crippen molar-refractivity contribution >= 4 is 7.92 Å². The Morgan fingerprint density at radius 2 is 1.33 bits per heavy atom. The van der Waals surface area contributed by atoms with Gasteiger partial charge in [0.2, 0.25) is 0 Å². The fourth-order valence-corrected chi connectivity index (χ4v) is 6.72. The minimum atomic E-state index is -0.107. The lowest BCUT2D eigenvalue weighted by molar-refractivity contribution is 0.184. The average molecular weight is 308 g/mol. The van der Waals surface area contributed by atoms with Crippen LogP contribution in [0.3, 0.4) is 0 Å². The summed E-state index contributed by atoms with van der Waals surface area (Å²) in [4.78, 5) is 0. The number of ether oxygens (including phenoxy) is 1. The van der Waals surface area contributed by atoms with Crippen LogP contribution in [0.2, 0.25) is 0 Å². The van der Waals surface area contributed by atoms with Crippen molar-refractivity contribution in [3.05, 3.63) is 34.4 Å². The van der Waals surface area contributed by atoms with Crippen LogP contribution in [0.5, 0.6) is 0 Å². The van der Waals surface area contributed by atoms with E-state index in [1.807, 2.05) is 0 Å². The van der Waals surface area contributed by atoms with Crippen LogP contribution in [0, 0.1) is 13.8 Å². The van der Waals surface area contributed by atoms with Crippen molar-refractivity contribution in [1.29, 1.82) is 0 Å². The second-order valence-electron chi connectivity index (χ2n) is 8.07. The molecule has 0 atom stereocenters. The van der Waals surface area contributed by atoms with Gasteiger partial charge in [-0.25, -0.2) is 0 Å². The Bertz CT molecular complexity index is 464. The van der Waals surface area contributed by atoms with Gasteiger partial charge in [-0.05, 0) is 52.6 Å². The summed E-state index contributed by atoms with van der Waals surface area (Å²) >= 11 is 0. The van der Waals surface area contributed by atoms with Gasteiger partial charge in [-0.3, -0.25) is 0 Å². The summed E-state index contributed by atoms with van der Waals surface area (Å²) in [5.41, 5.74) is 5.60. The third-order valence-corrected chi connectivity index (χ3v) is 7.94. The zero-order valence-electron chi connectivity index (χ0n) is 15.4. The largest absolute Gasteiger partial charge is 0.380 e. The molecule has 1 aromatic carbocycles. The molecule has 1 aromatic rings.